The van der Waals surface area contributed by atoms with E-state index in [0.29, 0.717) is 52.3 Å². The predicted molar refractivity (Wildman–Crippen MR) is 147 cm³/mol. The summed E-state index contributed by atoms with van der Waals surface area (Å²) in [6, 6.07) is 12.4. The molecule has 3 rings (SSSR count). The van der Waals surface area contributed by atoms with E-state index in [4.69, 9.17) is 37.4 Å². The molecule has 1 aliphatic rings. The van der Waals surface area contributed by atoms with Crippen LogP contribution in [-0.2, 0) is 20.9 Å². The second kappa shape index (κ2) is 13.5. The molecule has 1 heterocycles. The zero-order valence-electron chi connectivity index (χ0n) is 21.8. The number of ether oxygens (including phenoxy) is 3. The van der Waals surface area contributed by atoms with E-state index in [0.717, 1.165) is 10.5 Å². The number of nitriles is 1. The molecule has 9 heteroatoms. The van der Waals surface area contributed by atoms with Crippen molar-refractivity contribution in [2.45, 2.75) is 46.8 Å². The minimum Gasteiger partial charge on any atom is -0.490 e. The van der Waals surface area contributed by atoms with E-state index in [2.05, 4.69) is 0 Å². The van der Waals surface area contributed by atoms with Gasteiger partial charge in [-0.2, -0.15) is 5.26 Å². The first-order valence-corrected chi connectivity index (χ1v) is 13.1. The molecular weight excluding hydrogens is 527 g/mol. The second-order valence-electron chi connectivity index (χ2n) is 8.87. The van der Waals surface area contributed by atoms with Crippen LogP contribution in [0.15, 0.2) is 53.1 Å². The fraction of sp³-hybridized carbons (Fsp3) is 0.345. The maximum atomic E-state index is 13.3. The number of nitrogens with zero attached hydrogens (tertiary/aromatic N) is 2. The molecule has 0 atom stereocenters. The molecule has 2 aromatic carbocycles. The van der Waals surface area contributed by atoms with Gasteiger partial charge in [-0.05, 0) is 75.6 Å². The van der Waals surface area contributed by atoms with E-state index in [-0.39, 0.29) is 30.4 Å². The number of benzene rings is 2. The molecule has 0 aliphatic carbocycles. The number of halogens is 2. The summed E-state index contributed by atoms with van der Waals surface area (Å²) in [7, 11) is 0. The number of carbonyl (C=O) groups is 2. The number of imide groups is 1. The van der Waals surface area contributed by atoms with E-state index in [1.807, 2.05) is 26.8 Å². The predicted octanol–water partition coefficient (Wildman–Crippen LogP) is 6.38. The Kier molecular flexibility index (Phi) is 10.4. The summed E-state index contributed by atoms with van der Waals surface area (Å²) in [4.78, 5) is 27.2. The molecule has 0 spiro atoms. The van der Waals surface area contributed by atoms with Crippen LogP contribution in [0, 0.1) is 11.3 Å². The molecule has 7 nitrogen and oxygen atoms in total. The van der Waals surface area contributed by atoms with Crippen LogP contribution in [0.5, 0.6) is 11.5 Å². The summed E-state index contributed by atoms with van der Waals surface area (Å²) in [5.74, 6) is -0.0546. The Hall–Kier alpha value is -3.31. The quantitative estimate of drug-likeness (QED) is 0.181. The highest BCUT2D eigenvalue weighted by atomic mass is 35.5. The van der Waals surface area contributed by atoms with Crippen LogP contribution in [0.2, 0.25) is 10.0 Å². The Morgan fingerprint density at radius 1 is 1.05 bits per heavy atom. The zero-order valence-corrected chi connectivity index (χ0v) is 23.4. The van der Waals surface area contributed by atoms with Crippen molar-refractivity contribution in [1.29, 1.82) is 5.26 Å². The lowest BCUT2D eigenvalue weighted by Crippen LogP contribution is -2.43. The van der Waals surface area contributed by atoms with Crippen molar-refractivity contribution in [2.24, 2.45) is 0 Å². The first-order valence-electron chi connectivity index (χ1n) is 12.3. The Morgan fingerprint density at radius 3 is 2.47 bits per heavy atom. The average molecular weight is 557 g/mol. The Labute approximate surface area is 233 Å². The van der Waals surface area contributed by atoms with Gasteiger partial charge in [0.25, 0.3) is 11.8 Å². The van der Waals surface area contributed by atoms with Gasteiger partial charge in [0.05, 0.1) is 12.7 Å². The number of carbonyl (C=O) groups excluding carboxylic acids is 2. The average Bonchev–Trinajstić information content (AvgIpc) is 2.87. The number of hydrogen-bond acceptors (Lipinski definition) is 6. The highest BCUT2D eigenvalue weighted by Crippen LogP contribution is 2.33. The Morgan fingerprint density at radius 2 is 1.82 bits per heavy atom. The lowest BCUT2D eigenvalue weighted by atomic mass is 9.93. The van der Waals surface area contributed by atoms with Gasteiger partial charge >= 0.3 is 0 Å². The summed E-state index contributed by atoms with van der Waals surface area (Å²) in [6.07, 6.45) is 2.17. The van der Waals surface area contributed by atoms with Crippen LogP contribution >= 0.6 is 23.2 Å². The molecule has 38 heavy (non-hydrogen) atoms. The highest BCUT2D eigenvalue weighted by Gasteiger charge is 2.35. The van der Waals surface area contributed by atoms with E-state index in [1.54, 1.807) is 49.4 Å². The lowest BCUT2D eigenvalue weighted by Gasteiger charge is -2.27. The summed E-state index contributed by atoms with van der Waals surface area (Å²) < 4.78 is 17.3. The minimum atomic E-state index is -0.587. The van der Waals surface area contributed by atoms with E-state index in [9.17, 15) is 14.9 Å². The van der Waals surface area contributed by atoms with E-state index < -0.39 is 11.8 Å². The smallest absolute Gasteiger partial charge is 0.271 e. The summed E-state index contributed by atoms with van der Waals surface area (Å²) in [5, 5.41) is 10.7. The van der Waals surface area contributed by atoms with Crippen molar-refractivity contribution in [2.75, 3.05) is 19.8 Å². The number of hydrogen-bond donors (Lipinski definition) is 0. The van der Waals surface area contributed by atoms with Crippen molar-refractivity contribution >= 4 is 41.1 Å². The molecule has 0 fully saturated rings. The fourth-order valence-corrected chi connectivity index (χ4v) is 4.30. The van der Waals surface area contributed by atoms with Gasteiger partial charge < -0.3 is 14.2 Å². The van der Waals surface area contributed by atoms with Gasteiger partial charge in [-0.3, -0.25) is 14.5 Å². The monoisotopic (exact) mass is 556 g/mol. The third kappa shape index (κ3) is 7.16. The third-order valence-corrected chi connectivity index (χ3v) is 6.37. The van der Waals surface area contributed by atoms with Crippen LogP contribution in [0.3, 0.4) is 0 Å². The van der Waals surface area contributed by atoms with Crippen LogP contribution in [0.4, 0.5) is 0 Å². The highest BCUT2D eigenvalue weighted by molar-refractivity contribution is 6.35. The number of amides is 2. The molecule has 2 amide bonds. The largest absolute Gasteiger partial charge is 0.490 e. The molecule has 200 valence electrons. The molecule has 2 aromatic rings. The van der Waals surface area contributed by atoms with Crippen LogP contribution in [0.25, 0.3) is 6.08 Å². The van der Waals surface area contributed by atoms with Crippen molar-refractivity contribution in [3.63, 3.8) is 0 Å². The Balaban J connectivity index is 1.88. The summed E-state index contributed by atoms with van der Waals surface area (Å²) in [6.45, 7) is 8.46. The second-order valence-corrected chi connectivity index (χ2v) is 9.71. The van der Waals surface area contributed by atoms with Crippen LogP contribution in [0.1, 0.15) is 45.2 Å². The van der Waals surface area contributed by atoms with Crippen molar-refractivity contribution < 1.29 is 23.8 Å². The van der Waals surface area contributed by atoms with E-state index >= 15 is 0 Å². The topological polar surface area (TPSA) is 88.9 Å². The standard InChI is InChI=1S/C29H30Cl2N2O5/c1-5-36-27-14-20(7-10-26(27)38-17-21-8-9-22(30)15-25(21)31)13-23-19(4)24(16-32)29(35)33(28(23)34)11-6-12-37-18(2)3/h7-10,13-15,18H,5-6,11-12,17H2,1-4H3/b23-13+. The minimum absolute atomic E-state index is 0.0460. The Bertz CT molecular complexity index is 1310. The number of rotatable bonds is 11. The zero-order chi connectivity index (χ0) is 27.8. The fourth-order valence-electron chi connectivity index (χ4n) is 3.84. The van der Waals surface area contributed by atoms with Crippen LogP contribution in [-0.4, -0.2) is 42.6 Å². The van der Waals surface area contributed by atoms with Crippen molar-refractivity contribution in [1.82, 2.24) is 4.90 Å². The van der Waals surface area contributed by atoms with Crippen molar-refractivity contribution in [3.8, 4) is 17.6 Å². The van der Waals surface area contributed by atoms with Gasteiger partial charge in [-0.1, -0.05) is 35.3 Å². The lowest BCUT2D eigenvalue weighted by molar-refractivity contribution is -0.140. The normalized spacial score (nSPS) is 14.9. The van der Waals surface area contributed by atoms with Crippen LogP contribution < -0.4 is 9.47 Å². The molecule has 0 radical (unpaired) electrons. The molecule has 0 N–H and O–H groups in total. The SMILES string of the molecule is CCOc1cc(/C=C2/C(=O)N(CCCOC(C)C)C(=O)C(C#N)=C2C)ccc1OCc1ccc(Cl)cc1Cl. The maximum Gasteiger partial charge on any atom is 0.271 e. The molecule has 1 aliphatic heterocycles. The molecular formula is C29H30Cl2N2O5. The molecule has 0 bridgehead atoms. The molecule has 0 saturated carbocycles. The molecule has 0 saturated heterocycles. The molecule has 0 aromatic heterocycles. The van der Waals surface area contributed by atoms with Crippen molar-refractivity contribution in [3.05, 3.63) is 74.3 Å². The first-order chi connectivity index (χ1) is 18.2. The van der Waals surface area contributed by atoms with Gasteiger partial charge in [0, 0.05) is 34.3 Å². The van der Waals surface area contributed by atoms with Gasteiger partial charge in [0.15, 0.2) is 11.5 Å². The van der Waals surface area contributed by atoms with Gasteiger partial charge in [0.1, 0.15) is 18.2 Å². The first kappa shape index (κ1) is 29.2. The maximum absolute atomic E-state index is 13.3. The van der Waals surface area contributed by atoms with Gasteiger partial charge in [-0.25, -0.2) is 0 Å². The molecule has 0 unspecified atom stereocenters. The summed E-state index contributed by atoms with van der Waals surface area (Å²) in [5.41, 5.74) is 1.99. The summed E-state index contributed by atoms with van der Waals surface area (Å²) >= 11 is 12.2. The third-order valence-electron chi connectivity index (χ3n) is 5.78. The van der Waals surface area contributed by atoms with E-state index in [1.165, 1.54) is 0 Å². The van der Waals surface area contributed by atoms with Gasteiger partial charge in [0.2, 0.25) is 0 Å². The van der Waals surface area contributed by atoms with Gasteiger partial charge in [-0.15, -0.1) is 0 Å².